The van der Waals surface area contributed by atoms with Gasteiger partial charge in [-0.05, 0) is 39.3 Å². The van der Waals surface area contributed by atoms with Crippen LogP contribution in [0.25, 0.3) is 11.4 Å². The number of alkyl carbamates (subject to hydrolysis) is 1. The van der Waals surface area contributed by atoms with Crippen molar-refractivity contribution in [1.82, 2.24) is 20.8 Å². The van der Waals surface area contributed by atoms with E-state index < -0.39 is 11.7 Å². The number of rotatable bonds is 6. The summed E-state index contributed by atoms with van der Waals surface area (Å²) in [6.07, 6.45) is 0.746. The summed E-state index contributed by atoms with van der Waals surface area (Å²) in [4.78, 5) is 27.4. The average Bonchev–Trinajstić information content (AvgIpc) is 3.05. The van der Waals surface area contributed by atoms with Gasteiger partial charge in [0.15, 0.2) is 0 Å². The first-order valence-electron chi connectivity index (χ1n) is 8.40. The highest BCUT2D eigenvalue weighted by atomic mass is 16.6. The Morgan fingerprint density at radius 2 is 1.88 bits per heavy atom. The molecule has 0 aliphatic carbocycles. The standard InChI is InChI=1S/C18H24N4O4/c1-18(2,3)25-17(24)20-11-5-6-14-21-15(22-26-14)12-7-9-13(10-8-12)16(23)19-4/h7-10H,5-6,11H2,1-4H3,(H,19,23)(H,20,24). The summed E-state index contributed by atoms with van der Waals surface area (Å²) in [7, 11) is 1.58. The van der Waals surface area contributed by atoms with Crippen LogP contribution in [0.15, 0.2) is 28.8 Å². The SMILES string of the molecule is CNC(=O)c1ccc(-c2noc(CCCNC(=O)OC(C)(C)C)n2)cc1. The molecule has 0 aliphatic heterocycles. The molecule has 0 atom stereocenters. The van der Waals surface area contributed by atoms with Crippen molar-refractivity contribution in [3.8, 4) is 11.4 Å². The second-order valence-electron chi connectivity index (χ2n) is 6.70. The van der Waals surface area contributed by atoms with Crippen LogP contribution in [-0.4, -0.2) is 41.3 Å². The zero-order valence-electron chi connectivity index (χ0n) is 15.5. The van der Waals surface area contributed by atoms with Crippen LogP contribution in [0.5, 0.6) is 0 Å². The van der Waals surface area contributed by atoms with Gasteiger partial charge in [0.2, 0.25) is 11.7 Å². The number of hydrogen-bond acceptors (Lipinski definition) is 6. The number of nitrogens with one attached hydrogen (secondary N) is 2. The molecule has 0 saturated heterocycles. The van der Waals surface area contributed by atoms with Gasteiger partial charge in [-0.15, -0.1) is 0 Å². The van der Waals surface area contributed by atoms with E-state index in [1.165, 1.54) is 0 Å². The number of aromatic nitrogens is 2. The molecule has 8 heteroatoms. The Bertz CT molecular complexity index is 747. The lowest BCUT2D eigenvalue weighted by Crippen LogP contribution is -2.33. The third kappa shape index (κ3) is 5.87. The first kappa shape index (κ1) is 19.4. The first-order chi connectivity index (χ1) is 12.3. The number of carbonyl (C=O) groups excluding carboxylic acids is 2. The largest absolute Gasteiger partial charge is 0.444 e. The molecule has 1 aromatic heterocycles. The normalized spacial score (nSPS) is 11.1. The van der Waals surface area contributed by atoms with Crippen molar-refractivity contribution in [2.24, 2.45) is 0 Å². The molecule has 0 fully saturated rings. The lowest BCUT2D eigenvalue weighted by Gasteiger charge is -2.19. The van der Waals surface area contributed by atoms with Crippen molar-refractivity contribution >= 4 is 12.0 Å². The number of hydrogen-bond donors (Lipinski definition) is 2. The number of carbonyl (C=O) groups is 2. The second-order valence-corrected chi connectivity index (χ2v) is 6.70. The molecule has 2 rings (SSSR count). The van der Waals surface area contributed by atoms with Crippen LogP contribution in [0.2, 0.25) is 0 Å². The van der Waals surface area contributed by atoms with Crippen LogP contribution < -0.4 is 10.6 Å². The Labute approximate surface area is 152 Å². The fourth-order valence-electron chi connectivity index (χ4n) is 2.13. The summed E-state index contributed by atoms with van der Waals surface area (Å²) >= 11 is 0. The maximum Gasteiger partial charge on any atom is 0.407 e. The predicted molar refractivity (Wildman–Crippen MR) is 95.7 cm³/mol. The summed E-state index contributed by atoms with van der Waals surface area (Å²) in [6, 6.07) is 6.94. The summed E-state index contributed by atoms with van der Waals surface area (Å²) in [6.45, 7) is 5.89. The average molecular weight is 360 g/mol. The van der Waals surface area contributed by atoms with Crippen LogP contribution in [0.3, 0.4) is 0 Å². The van der Waals surface area contributed by atoms with Crippen molar-refractivity contribution in [3.05, 3.63) is 35.7 Å². The molecular weight excluding hydrogens is 336 g/mol. The number of nitrogens with zero attached hydrogens (tertiary/aromatic N) is 2. The lowest BCUT2D eigenvalue weighted by molar-refractivity contribution is 0.0526. The van der Waals surface area contributed by atoms with Crippen LogP contribution in [-0.2, 0) is 11.2 Å². The van der Waals surface area contributed by atoms with Crippen molar-refractivity contribution in [1.29, 1.82) is 0 Å². The van der Waals surface area contributed by atoms with E-state index in [2.05, 4.69) is 20.8 Å². The summed E-state index contributed by atoms with van der Waals surface area (Å²) in [5, 5.41) is 9.19. The zero-order chi connectivity index (χ0) is 19.2. The highest BCUT2D eigenvalue weighted by molar-refractivity contribution is 5.94. The van der Waals surface area contributed by atoms with Crippen LogP contribution in [0, 0.1) is 0 Å². The number of ether oxygens (including phenoxy) is 1. The van der Waals surface area contributed by atoms with E-state index in [0.29, 0.717) is 36.7 Å². The second kappa shape index (κ2) is 8.46. The highest BCUT2D eigenvalue weighted by Crippen LogP contribution is 2.17. The number of benzene rings is 1. The van der Waals surface area contributed by atoms with Crippen molar-refractivity contribution < 1.29 is 18.8 Å². The van der Waals surface area contributed by atoms with Crippen molar-refractivity contribution in [2.75, 3.05) is 13.6 Å². The number of amides is 2. The Morgan fingerprint density at radius 3 is 2.50 bits per heavy atom. The molecule has 26 heavy (non-hydrogen) atoms. The van der Waals surface area contributed by atoms with E-state index in [1.54, 1.807) is 31.3 Å². The fraction of sp³-hybridized carbons (Fsp3) is 0.444. The summed E-state index contributed by atoms with van der Waals surface area (Å²) in [5.41, 5.74) is 0.812. The first-order valence-corrected chi connectivity index (χ1v) is 8.40. The van der Waals surface area contributed by atoms with Gasteiger partial charge in [0.1, 0.15) is 5.60 Å². The Balaban J connectivity index is 1.82. The van der Waals surface area contributed by atoms with Gasteiger partial charge in [0, 0.05) is 31.1 Å². The minimum absolute atomic E-state index is 0.150. The zero-order valence-corrected chi connectivity index (χ0v) is 15.5. The third-order valence-corrected chi connectivity index (χ3v) is 3.34. The fourth-order valence-corrected chi connectivity index (χ4v) is 2.13. The van der Waals surface area contributed by atoms with E-state index in [9.17, 15) is 9.59 Å². The van der Waals surface area contributed by atoms with E-state index in [1.807, 2.05) is 20.8 Å². The van der Waals surface area contributed by atoms with Gasteiger partial charge in [-0.1, -0.05) is 17.3 Å². The monoisotopic (exact) mass is 360 g/mol. The van der Waals surface area contributed by atoms with Gasteiger partial charge in [-0.25, -0.2) is 4.79 Å². The van der Waals surface area contributed by atoms with Crippen LogP contribution in [0.1, 0.15) is 43.4 Å². The molecule has 1 aromatic carbocycles. The Kier molecular flexibility index (Phi) is 6.32. The molecule has 0 saturated carbocycles. The van der Waals surface area contributed by atoms with Gasteiger partial charge in [-0.3, -0.25) is 4.79 Å². The lowest BCUT2D eigenvalue weighted by atomic mass is 10.1. The van der Waals surface area contributed by atoms with Crippen molar-refractivity contribution in [2.45, 2.75) is 39.2 Å². The molecule has 140 valence electrons. The van der Waals surface area contributed by atoms with E-state index in [4.69, 9.17) is 9.26 Å². The minimum Gasteiger partial charge on any atom is -0.444 e. The molecule has 0 unspecified atom stereocenters. The Morgan fingerprint density at radius 1 is 1.19 bits per heavy atom. The molecule has 0 aliphatic rings. The topological polar surface area (TPSA) is 106 Å². The van der Waals surface area contributed by atoms with Gasteiger partial charge in [0.05, 0.1) is 0 Å². The summed E-state index contributed by atoms with van der Waals surface area (Å²) in [5.74, 6) is 0.799. The molecule has 0 bridgehead atoms. The van der Waals surface area contributed by atoms with Gasteiger partial charge < -0.3 is 19.9 Å². The Hall–Kier alpha value is -2.90. The molecular formula is C18H24N4O4. The van der Waals surface area contributed by atoms with Gasteiger partial charge in [0.25, 0.3) is 5.91 Å². The quantitative estimate of drug-likeness (QED) is 0.767. The third-order valence-electron chi connectivity index (χ3n) is 3.34. The maximum atomic E-state index is 11.5. The molecule has 0 spiro atoms. The van der Waals surface area contributed by atoms with E-state index in [-0.39, 0.29) is 5.91 Å². The van der Waals surface area contributed by atoms with Crippen molar-refractivity contribution in [3.63, 3.8) is 0 Å². The van der Waals surface area contributed by atoms with Crippen LogP contribution >= 0.6 is 0 Å². The molecule has 2 aromatic rings. The molecule has 2 N–H and O–H groups in total. The number of aryl methyl sites for hydroxylation is 1. The van der Waals surface area contributed by atoms with E-state index >= 15 is 0 Å². The smallest absolute Gasteiger partial charge is 0.407 e. The highest BCUT2D eigenvalue weighted by Gasteiger charge is 2.15. The maximum absolute atomic E-state index is 11.5. The summed E-state index contributed by atoms with van der Waals surface area (Å²) < 4.78 is 10.4. The molecule has 2 amide bonds. The van der Waals surface area contributed by atoms with Crippen LogP contribution in [0.4, 0.5) is 4.79 Å². The van der Waals surface area contributed by atoms with E-state index in [0.717, 1.165) is 5.56 Å². The molecule has 8 nitrogen and oxygen atoms in total. The molecule has 1 heterocycles. The predicted octanol–water partition coefficient (Wildman–Crippen LogP) is 2.55. The van der Waals surface area contributed by atoms with Gasteiger partial charge >= 0.3 is 6.09 Å². The molecule has 0 radical (unpaired) electrons. The van der Waals surface area contributed by atoms with Gasteiger partial charge in [-0.2, -0.15) is 4.98 Å². The minimum atomic E-state index is -0.515.